The summed E-state index contributed by atoms with van der Waals surface area (Å²) in [5.74, 6) is 0. The van der Waals surface area contributed by atoms with Gasteiger partial charge >= 0.3 is 28.4 Å². The second-order valence-corrected chi connectivity index (χ2v) is 10.2. The van der Waals surface area contributed by atoms with Gasteiger partial charge in [-0.15, -0.1) is 36.8 Å². The van der Waals surface area contributed by atoms with Crippen LogP contribution in [0.1, 0.15) is 27.2 Å². The van der Waals surface area contributed by atoms with Crippen LogP contribution in [0.4, 0.5) is 0 Å². The van der Waals surface area contributed by atoms with Crippen molar-refractivity contribution in [1.29, 1.82) is 0 Å². The molecule has 0 bridgehead atoms. The molecular weight excluding hydrogens is 412 g/mol. The molecule has 0 atom stereocenters. The van der Waals surface area contributed by atoms with E-state index in [1.165, 1.54) is 24.2 Å². The van der Waals surface area contributed by atoms with Gasteiger partial charge in [0.15, 0.2) is 8.32 Å². The largest absolute Gasteiger partial charge is 0.358 e. The number of hydrogen-bond donors (Lipinski definition) is 0. The SMILES string of the molecule is CC(C)(C)[NH-].Cl.Cl.[C-]1=CC=CC1.[CH2-]CO[Si](C)(C)C.[CH2]=[Zr].[CH3-]. The van der Waals surface area contributed by atoms with Gasteiger partial charge in [-0.3, -0.25) is 6.08 Å². The second kappa shape index (κ2) is 24.2. The van der Waals surface area contributed by atoms with E-state index in [0.29, 0.717) is 6.61 Å². The third kappa shape index (κ3) is 84.2. The fourth-order valence-electron chi connectivity index (χ4n) is 0.646. The molecule has 0 fully saturated rings. The molecule has 0 heterocycles. The third-order valence-electron chi connectivity index (χ3n) is 1.12. The molecule has 0 aromatic heterocycles. The minimum Gasteiger partial charge on any atom is -0.358 e. The van der Waals surface area contributed by atoms with Crippen LogP contribution in [0.2, 0.25) is 19.6 Å². The maximum absolute atomic E-state index is 6.94. The summed E-state index contributed by atoms with van der Waals surface area (Å²) in [7, 11) is -1.22. The normalized spacial score (nSPS) is 10.7. The van der Waals surface area contributed by atoms with Crippen LogP contribution in [0, 0.1) is 20.4 Å². The molecule has 0 aliphatic heterocycles. The molecule has 2 nitrogen and oxygen atoms in total. The monoisotopic (exact) mass is 445 g/mol. The molecule has 0 radical (unpaired) electrons. The van der Waals surface area contributed by atoms with Crippen LogP contribution in [-0.4, -0.2) is 24.7 Å². The first-order chi connectivity index (χ1) is 8.56. The van der Waals surface area contributed by atoms with Crippen molar-refractivity contribution in [2.24, 2.45) is 0 Å². The molecule has 136 valence electrons. The minimum absolute atomic E-state index is 0. The van der Waals surface area contributed by atoms with Gasteiger partial charge in [0.2, 0.25) is 0 Å². The van der Waals surface area contributed by atoms with Crippen LogP contribution in [0.5, 0.6) is 0 Å². The smallest absolute Gasteiger partial charge is 0.358 e. The van der Waals surface area contributed by atoms with E-state index in [9.17, 15) is 0 Å². The van der Waals surface area contributed by atoms with Gasteiger partial charge < -0.3 is 24.5 Å². The maximum atomic E-state index is 6.94. The zero-order chi connectivity index (χ0) is 15.9. The molecule has 0 amide bonds. The zero-order valence-electron chi connectivity index (χ0n) is 15.3. The van der Waals surface area contributed by atoms with E-state index in [1.54, 1.807) is 0 Å². The number of nitrogens with one attached hydrogen (secondary N) is 1. The molecule has 1 N–H and O–H groups in total. The summed E-state index contributed by atoms with van der Waals surface area (Å²) < 4.78 is 8.60. The zero-order valence-corrected chi connectivity index (χ0v) is 20.4. The third-order valence-corrected chi connectivity index (χ3v) is 2.19. The Morgan fingerprint density at radius 1 is 1.27 bits per heavy atom. The van der Waals surface area contributed by atoms with Gasteiger partial charge in [-0.25, -0.2) is 12.2 Å². The number of rotatable bonds is 2. The maximum Gasteiger partial charge on any atom is -0.358 e. The molecular formula is C16H35Cl2NOSiZr-4. The van der Waals surface area contributed by atoms with Crippen LogP contribution in [0.3, 0.4) is 0 Å². The average molecular weight is 448 g/mol. The fraction of sp³-hybridized carbons (Fsp3) is 0.562. The van der Waals surface area contributed by atoms with Gasteiger partial charge in [-0.2, -0.15) is 6.08 Å². The van der Waals surface area contributed by atoms with Gasteiger partial charge in [0.25, 0.3) is 0 Å². The Hall–Kier alpha value is 0.950. The van der Waals surface area contributed by atoms with E-state index in [1.807, 2.05) is 32.9 Å². The molecule has 1 aliphatic rings. The van der Waals surface area contributed by atoms with Crippen molar-refractivity contribution in [1.82, 2.24) is 0 Å². The summed E-state index contributed by atoms with van der Waals surface area (Å²) in [6.07, 6.45) is 10.0. The Balaban J connectivity index is -0.0000000392. The Morgan fingerprint density at radius 3 is 1.68 bits per heavy atom. The van der Waals surface area contributed by atoms with Crippen molar-refractivity contribution in [2.45, 2.75) is 52.4 Å². The van der Waals surface area contributed by atoms with Crippen molar-refractivity contribution < 1.29 is 28.7 Å². The van der Waals surface area contributed by atoms with Crippen LogP contribution in [0.25, 0.3) is 5.73 Å². The summed E-state index contributed by atoms with van der Waals surface area (Å²) in [5, 5.41) is 0. The first kappa shape index (κ1) is 38.5. The van der Waals surface area contributed by atoms with Crippen LogP contribution in [0.15, 0.2) is 18.2 Å². The van der Waals surface area contributed by atoms with Gasteiger partial charge in [0, 0.05) is 0 Å². The quantitative estimate of drug-likeness (QED) is 0.373. The van der Waals surface area contributed by atoms with Crippen LogP contribution < -0.4 is 0 Å². The number of halogens is 2. The molecule has 22 heavy (non-hydrogen) atoms. The average Bonchev–Trinajstić information content (AvgIpc) is 2.73. The molecule has 6 heteroatoms. The van der Waals surface area contributed by atoms with Crippen molar-refractivity contribution in [3.05, 3.63) is 44.4 Å². The van der Waals surface area contributed by atoms with E-state index >= 15 is 0 Å². The molecule has 0 aromatic rings. The van der Waals surface area contributed by atoms with Gasteiger partial charge in [0.05, 0.1) is 0 Å². The standard InChI is InChI=1S/C5H13OSi.C5H5.C4H10N.CH3.CH2.2ClH.Zr/c1-5-6-7(2,3)4;1-2-4-5-3-1;1-4(2,3)5;;;;;/h1,5H2,2-4H3;1-3H,4H2;5H,1-3H3;1H3;1H2;2*1H;/q4*-1;;;;. The molecule has 0 saturated heterocycles. The van der Waals surface area contributed by atoms with E-state index in [-0.39, 0.29) is 37.8 Å². The number of allylic oxidation sites excluding steroid dienone is 4. The Labute approximate surface area is 168 Å². The van der Waals surface area contributed by atoms with E-state index < -0.39 is 8.32 Å². The van der Waals surface area contributed by atoms with Crippen molar-refractivity contribution in [3.8, 4) is 0 Å². The summed E-state index contributed by atoms with van der Waals surface area (Å²) in [6, 6.07) is 0. The van der Waals surface area contributed by atoms with Crippen molar-refractivity contribution in [2.75, 3.05) is 6.61 Å². The molecule has 0 aromatic carbocycles. The van der Waals surface area contributed by atoms with Crippen molar-refractivity contribution in [3.63, 3.8) is 0 Å². The Morgan fingerprint density at radius 2 is 1.64 bits per heavy atom. The fourth-order valence-corrected chi connectivity index (χ4v) is 1.26. The second-order valence-electron chi connectivity index (χ2n) is 5.71. The predicted octanol–water partition coefficient (Wildman–Crippen LogP) is 6.07. The number of hydrogen-bond acceptors (Lipinski definition) is 1. The summed E-state index contributed by atoms with van der Waals surface area (Å²) >= 11 is 1.30. The molecule has 0 unspecified atom stereocenters. The van der Waals surface area contributed by atoms with Crippen molar-refractivity contribution >= 4 is 37.3 Å². The van der Waals surface area contributed by atoms with E-state index in [0.717, 1.165) is 6.42 Å². The predicted molar refractivity (Wildman–Crippen MR) is 108 cm³/mol. The van der Waals surface area contributed by atoms with Gasteiger partial charge in [-0.05, 0) is 19.6 Å². The summed E-state index contributed by atoms with van der Waals surface area (Å²) in [4.78, 5) is 0. The molecule has 1 rings (SSSR count). The molecule has 1 aliphatic carbocycles. The minimum atomic E-state index is -1.22. The van der Waals surface area contributed by atoms with E-state index in [4.69, 9.17) is 10.2 Å². The van der Waals surface area contributed by atoms with E-state index in [2.05, 4.69) is 42.9 Å². The first-order valence-electron chi connectivity index (χ1n) is 6.31. The Kier molecular flexibility index (Phi) is 42.3. The molecule has 0 saturated carbocycles. The first-order valence-corrected chi connectivity index (χ1v) is 11.5. The van der Waals surface area contributed by atoms with Gasteiger partial charge in [-0.1, -0.05) is 27.4 Å². The van der Waals surface area contributed by atoms with Gasteiger partial charge in [0.1, 0.15) is 0 Å². The molecule has 0 spiro atoms. The summed E-state index contributed by atoms with van der Waals surface area (Å²) in [5.41, 5.74) is 6.69. The Bertz CT molecular complexity index is 234. The topological polar surface area (TPSA) is 33.0 Å². The summed E-state index contributed by atoms with van der Waals surface area (Å²) in [6.45, 7) is 16.2. The van der Waals surface area contributed by atoms with Crippen LogP contribution in [-0.2, 0) is 28.7 Å². The van der Waals surface area contributed by atoms with Crippen LogP contribution >= 0.6 is 24.8 Å².